The molecule has 0 fully saturated rings. The topological polar surface area (TPSA) is 53.0 Å². The number of hydrazone groups is 1. The molecule has 1 heterocycles. The van der Waals surface area contributed by atoms with Gasteiger partial charge in [-0.25, -0.2) is 5.01 Å². The Morgan fingerprint density at radius 3 is 2.28 bits per heavy atom. The van der Waals surface area contributed by atoms with E-state index in [-0.39, 0.29) is 29.8 Å². The Bertz CT molecular complexity index is 1030. The fourth-order valence-corrected chi connectivity index (χ4v) is 3.84. The number of amides is 2. The van der Waals surface area contributed by atoms with Gasteiger partial charge in [0.1, 0.15) is 6.54 Å². The Morgan fingerprint density at radius 2 is 1.69 bits per heavy atom. The van der Waals surface area contributed by atoms with Crippen LogP contribution in [0.15, 0.2) is 47.6 Å². The summed E-state index contributed by atoms with van der Waals surface area (Å²) >= 11 is 0. The van der Waals surface area contributed by atoms with Crippen molar-refractivity contribution in [3.63, 3.8) is 0 Å². The van der Waals surface area contributed by atoms with E-state index in [4.69, 9.17) is 5.10 Å². The molecule has 0 unspecified atom stereocenters. The van der Waals surface area contributed by atoms with Gasteiger partial charge in [0.2, 0.25) is 5.91 Å². The van der Waals surface area contributed by atoms with Crippen molar-refractivity contribution in [1.82, 2.24) is 9.91 Å². The molecule has 0 spiro atoms. The van der Waals surface area contributed by atoms with Crippen molar-refractivity contribution in [2.45, 2.75) is 60.4 Å². The van der Waals surface area contributed by atoms with Crippen molar-refractivity contribution >= 4 is 17.5 Å². The third-order valence-corrected chi connectivity index (χ3v) is 5.95. The SMILES string of the molecule is Cc1ccc([C@@H]2CC(c3ccc(C)c(C)c3)=NN2C(=O)CN(C)C(=O)CC(C)(C)C)cc1. The maximum atomic E-state index is 13.3. The number of benzene rings is 2. The van der Waals surface area contributed by atoms with Crippen LogP contribution in [0.3, 0.4) is 0 Å². The smallest absolute Gasteiger partial charge is 0.262 e. The molecule has 0 bridgehead atoms. The Kier molecular flexibility index (Phi) is 6.87. The Labute approximate surface area is 192 Å². The summed E-state index contributed by atoms with van der Waals surface area (Å²) in [7, 11) is 1.69. The van der Waals surface area contributed by atoms with E-state index in [1.165, 1.54) is 21.6 Å². The third kappa shape index (κ3) is 5.64. The van der Waals surface area contributed by atoms with Gasteiger partial charge < -0.3 is 4.90 Å². The molecule has 0 N–H and O–H groups in total. The lowest BCUT2D eigenvalue weighted by Gasteiger charge is -2.26. The molecule has 1 aliphatic rings. The summed E-state index contributed by atoms with van der Waals surface area (Å²) in [5.41, 5.74) is 6.47. The summed E-state index contributed by atoms with van der Waals surface area (Å²) in [4.78, 5) is 27.4. The lowest BCUT2D eigenvalue weighted by Crippen LogP contribution is -2.40. The van der Waals surface area contributed by atoms with E-state index in [1.54, 1.807) is 12.1 Å². The maximum Gasteiger partial charge on any atom is 0.262 e. The molecule has 2 amide bonds. The van der Waals surface area contributed by atoms with Crippen LogP contribution < -0.4 is 0 Å². The fourth-order valence-electron chi connectivity index (χ4n) is 3.84. The Morgan fingerprint density at radius 1 is 1.03 bits per heavy atom. The number of rotatable bonds is 5. The van der Waals surface area contributed by atoms with Crippen LogP contribution in [-0.2, 0) is 9.59 Å². The first kappa shape index (κ1) is 23.7. The van der Waals surface area contributed by atoms with Gasteiger partial charge in [-0.05, 0) is 54.5 Å². The molecule has 0 saturated carbocycles. The number of hydrogen-bond acceptors (Lipinski definition) is 3. The summed E-state index contributed by atoms with van der Waals surface area (Å²) in [6.45, 7) is 12.3. The van der Waals surface area contributed by atoms with Crippen LogP contribution in [0.2, 0.25) is 0 Å². The number of nitrogens with zero attached hydrogens (tertiary/aromatic N) is 3. The van der Waals surface area contributed by atoms with Crippen molar-refractivity contribution in [3.05, 3.63) is 70.3 Å². The van der Waals surface area contributed by atoms with Crippen molar-refractivity contribution in [2.24, 2.45) is 10.5 Å². The molecule has 0 aromatic heterocycles. The first-order valence-corrected chi connectivity index (χ1v) is 11.2. The zero-order valence-corrected chi connectivity index (χ0v) is 20.4. The Hall–Kier alpha value is -2.95. The number of carbonyl (C=O) groups is 2. The highest BCUT2D eigenvalue weighted by Gasteiger charge is 2.34. The van der Waals surface area contributed by atoms with E-state index in [9.17, 15) is 9.59 Å². The second kappa shape index (κ2) is 9.27. The number of aryl methyl sites for hydroxylation is 3. The molecule has 1 atom stereocenters. The summed E-state index contributed by atoms with van der Waals surface area (Å²) < 4.78 is 0. The van der Waals surface area contributed by atoms with Crippen LogP contribution in [0.5, 0.6) is 0 Å². The van der Waals surface area contributed by atoms with Gasteiger partial charge in [-0.1, -0.05) is 62.7 Å². The fraction of sp³-hybridized carbons (Fsp3) is 0.444. The van der Waals surface area contributed by atoms with Gasteiger partial charge in [0.25, 0.3) is 5.91 Å². The highest BCUT2D eigenvalue weighted by Crippen LogP contribution is 2.33. The summed E-state index contributed by atoms with van der Waals surface area (Å²) in [5.74, 6) is -0.200. The van der Waals surface area contributed by atoms with Gasteiger partial charge in [-0.2, -0.15) is 5.10 Å². The van der Waals surface area contributed by atoms with Crippen LogP contribution in [0.25, 0.3) is 0 Å². The second-order valence-corrected chi connectivity index (χ2v) is 10.2. The van der Waals surface area contributed by atoms with Crippen molar-refractivity contribution < 1.29 is 9.59 Å². The molecule has 1 aliphatic heterocycles. The van der Waals surface area contributed by atoms with E-state index in [1.807, 2.05) is 27.7 Å². The van der Waals surface area contributed by atoms with Crippen molar-refractivity contribution in [1.29, 1.82) is 0 Å². The van der Waals surface area contributed by atoms with Gasteiger partial charge in [-0.3, -0.25) is 9.59 Å². The molecule has 0 aliphatic carbocycles. The van der Waals surface area contributed by atoms with Crippen molar-refractivity contribution in [3.8, 4) is 0 Å². The highest BCUT2D eigenvalue weighted by molar-refractivity contribution is 6.03. The van der Waals surface area contributed by atoms with Gasteiger partial charge in [0.05, 0.1) is 11.8 Å². The van der Waals surface area contributed by atoms with Crippen LogP contribution in [0.4, 0.5) is 0 Å². The molecule has 0 saturated heterocycles. The quantitative estimate of drug-likeness (QED) is 0.652. The molecule has 32 heavy (non-hydrogen) atoms. The molecule has 0 radical (unpaired) electrons. The van der Waals surface area contributed by atoms with E-state index < -0.39 is 0 Å². The monoisotopic (exact) mass is 433 g/mol. The lowest BCUT2D eigenvalue weighted by atomic mass is 9.92. The first-order chi connectivity index (χ1) is 14.9. The minimum atomic E-state index is -0.175. The van der Waals surface area contributed by atoms with Gasteiger partial charge in [0, 0.05) is 19.9 Å². The molecular formula is C27H35N3O2. The molecular weight excluding hydrogens is 398 g/mol. The van der Waals surface area contributed by atoms with Gasteiger partial charge in [-0.15, -0.1) is 0 Å². The number of likely N-dealkylation sites (N-methyl/N-ethyl adjacent to an activating group) is 1. The molecule has 5 heteroatoms. The van der Waals surface area contributed by atoms with E-state index in [0.717, 1.165) is 16.8 Å². The van der Waals surface area contributed by atoms with E-state index in [0.29, 0.717) is 12.8 Å². The maximum absolute atomic E-state index is 13.3. The molecule has 3 rings (SSSR count). The average Bonchev–Trinajstić information content (AvgIpc) is 3.15. The zero-order chi connectivity index (χ0) is 23.6. The minimum absolute atomic E-state index is 0.0149. The molecule has 2 aromatic rings. The molecule has 170 valence electrons. The lowest BCUT2D eigenvalue weighted by molar-refractivity contribution is -0.141. The normalized spacial score (nSPS) is 16.2. The number of carbonyl (C=O) groups excluding carboxylic acids is 2. The van der Waals surface area contributed by atoms with Crippen molar-refractivity contribution in [2.75, 3.05) is 13.6 Å². The molecule has 5 nitrogen and oxygen atoms in total. The predicted molar refractivity (Wildman–Crippen MR) is 130 cm³/mol. The van der Waals surface area contributed by atoms with Crippen LogP contribution in [-0.4, -0.2) is 41.0 Å². The van der Waals surface area contributed by atoms with Gasteiger partial charge in [0.15, 0.2) is 0 Å². The van der Waals surface area contributed by atoms with E-state index in [2.05, 4.69) is 56.3 Å². The summed E-state index contributed by atoms with van der Waals surface area (Å²) in [6, 6.07) is 14.4. The molecule has 2 aromatic carbocycles. The number of hydrogen-bond donors (Lipinski definition) is 0. The van der Waals surface area contributed by atoms with Gasteiger partial charge >= 0.3 is 0 Å². The summed E-state index contributed by atoms with van der Waals surface area (Å²) in [6.07, 6.45) is 1.05. The standard InChI is InChI=1S/C27H35N3O2/c1-18-8-11-21(12-9-18)24-15-23(22-13-10-19(2)20(3)14-22)28-30(24)26(32)17-29(7)25(31)16-27(4,5)6/h8-14,24H,15-17H2,1-7H3/t24-/m0/s1. The van der Waals surface area contributed by atoms with Crippen LogP contribution in [0, 0.1) is 26.2 Å². The minimum Gasteiger partial charge on any atom is -0.336 e. The van der Waals surface area contributed by atoms with Crippen LogP contribution >= 0.6 is 0 Å². The Balaban J connectivity index is 1.87. The highest BCUT2D eigenvalue weighted by atomic mass is 16.2. The summed E-state index contributed by atoms with van der Waals surface area (Å²) in [5, 5.41) is 6.34. The largest absolute Gasteiger partial charge is 0.336 e. The van der Waals surface area contributed by atoms with Crippen LogP contribution in [0.1, 0.15) is 67.5 Å². The predicted octanol–water partition coefficient (Wildman–Crippen LogP) is 5.18. The third-order valence-electron chi connectivity index (χ3n) is 5.95. The second-order valence-electron chi connectivity index (χ2n) is 10.2. The average molecular weight is 434 g/mol. The van der Waals surface area contributed by atoms with E-state index >= 15 is 0 Å². The first-order valence-electron chi connectivity index (χ1n) is 11.2. The zero-order valence-electron chi connectivity index (χ0n) is 20.4.